The second-order valence-corrected chi connectivity index (χ2v) is 5.51. The third kappa shape index (κ3) is 4.74. The van der Waals surface area contributed by atoms with Crippen molar-refractivity contribution in [1.29, 1.82) is 0 Å². The van der Waals surface area contributed by atoms with Crippen molar-refractivity contribution in [3.8, 4) is 5.75 Å². The van der Waals surface area contributed by atoms with E-state index in [4.69, 9.17) is 4.74 Å². The molecule has 2 unspecified atom stereocenters. The summed E-state index contributed by atoms with van der Waals surface area (Å²) in [6, 6.07) is 9.96. The Hall–Kier alpha value is -2.02. The molecule has 130 valence electrons. The Kier molecular flexibility index (Phi) is 6.66. The quantitative estimate of drug-likeness (QED) is 0.692. The molecule has 6 heteroatoms. The predicted octanol–water partition coefficient (Wildman–Crippen LogP) is 2.34. The van der Waals surface area contributed by atoms with Crippen LogP contribution in [0.1, 0.15) is 17.2 Å². The zero-order chi connectivity index (χ0) is 17.5. The van der Waals surface area contributed by atoms with Crippen LogP contribution >= 0.6 is 0 Å². The number of nitrogens with one attached hydrogen (secondary N) is 1. The van der Waals surface area contributed by atoms with Crippen molar-refractivity contribution in [3.63, 3.8) is 0 Å². The summed E-state index contributed by atoms with van der Waals surface area (Å²) >= 11 is 0. The van der Waals surface area contributed by atoms with Gasteiger partial charge in [0.2, 0.25) is 0 Å². The van der Waals surface area contributed by atoms with Gasteiger partial charge in [-0.15, -0.1) is 0 Å². The molecule has 0 saturated carbocycles. The van der Waals surface area contributed by atoms with E-state index in [1.807, 2.05) is 25.1 Å². The SMILES string of the molecule is Cc1ccccc1OCC(O)CNC(CO)c1c(F)cccc1F. The van der Waals surface area contributed by atoms with Crippen LogP contribution in [0.25, 0.3) is 0 Å². The lowest BCUT2D eigenvalue weighted by Crippen LogP contribution is -2.36. The average Bonchev–Trinajstić information content (AvgIpc) is 2.56. The topological polar surface area (TPSA) is 61.7 Å². The van der Waals surface area contributed by atoms with E-state index in [9.17, 15) is 19.0 Å². The summed E-state index contributed by atoms with van der Waals surface area (Å²) in [5.41, 5.74) is 0.700. The van der Waals surface area contributed by atoms with E-state index in [0.717, 1.165) is 17.7 Å². The van der Waals surface area contributed by atoms with Gasteiger partial charge < -0.3 is 20.3 Å². The minimum atomic E-state index is -0.945. The Balaban J connectivity index is 1.90. The summed E-state index contributed by atoms with van der Waals surface area (Å²) in [6.45, 7) is 1.44. The molecule has 0 aromatic heterocycles. The first kappa shape index (κ1) is 18.3. The van der Waals surface area contributed by atoms with E-state index >= 15 is 0 Å². The van der Waals surface area contributed by atoms with E-state index in [-0.39, 0.29) is 18.7 Å². The third-order valence-corrected chi connectivity index (χ3v) is 3.66. The molecule has 0 spiro atoms. The number of aliphatic hydroxyl groups is 2. The Labute approximate surface area is 139 Å². The largest absolute Gasteiger partial charge is 0.491 e. The molecule has 0 amide bonds. The summed E-state index contributed by atoms with van der Waals surface area (Å²) in [6.07, 6.45) is -0.895. The van der Waals surface area contributed by atoms with Gasteiger partial charge in [-0.3, -0.25) is 0 Å². The second kappa shape index (κ2) is 8.73. The number of ether oxygens (including phenoxy) is 1. The van der Waals surface area contributed by atoms with Gasteiger partial charge in [0.15, 0.2) is 0 Å². The average molecular weight is 337 g/mol. The zero-order valence-electron chi connectivity index (χ0n) is 13.4. The van der Waals surface area contributed by atoms with Gasteiger partial charge in [0.25, 0.3) is 0 Å². The molecule has 0 heterocycles. The Morgan fingerprint density at radius 3 is 2.38 bits per heavy atom. The molecular formula is C18H21F2NO3. The lowest BCUT2D eigenvalue weighted by molar-refractivity contribution is 0.0989. The van der Waals surface area contributed by atoms with Crippen LogP contribution in [-0.4, -0.2) is 36.1 Å². The summed E-state index contributed by atoms with van der Waals surface area (Å²) < 4.78 is 33.0. The molecule has 0 saturated heterocycles. The summed E-state index contributed by atoms with van der Waals surface area (Å²) in [7, 11) is 0. The minimum absolute atomic E-state index is 0.0187. The fraction of sp³-hybridized carbons (Fsp3) is 0.333. The molecule has 0 radical (unpaired) electrons. The van der Waals surface area contributed by atoms with Crippen LogP contribution in [-0.2, 0) is 0 Å². The van der Waals surface area contributed by atoms with Crippen molar-refractivity contribution in [2.45, 2.75) is 19.1 Å². The van der Waals surface area contributed by atoms with Gasteiger partial charge in [0, 0.05) is 12.1 Å². The smallest absolute Gasteiger partial charge is 0.131 e. The van der Waals surface area contributed by atoms with Crippen LogP contribution in [0.4, 0.5) is 8.78 Å². The summed E-state index contributed by atoms with van der Waals surface area (Å²) in [4.78, 5) is 0. The van der Waals surface area contributed by atoms with Crippen molar-refractivity contribution < 1.29 is 23.7 Å². The van der Waals surface area contributed by atoms with Crippen molar-refractivity contribution >= 4 is 0 Å². The summed E-state index contributed by atoms with van der Waals surface area (Å²) in [5.74, 6) is -0.824. The standard InChI is InChI=1S/C18H21F2NO3/c1-12-5-2-3-8-17(12)24-11-13(23)9-21-16(10-22)18-14(19)6-4-7-15(18)20/h2-8,13,16,21-23H,9-11H2,1H3. The minimum Gasteiger partial charge on any atom is -0.491 e. The van der Waals surface area contributed by atoms with E-state index in [1.54, 1.807) is 6.07 Å². The summed E-state index contributed by atoms with van der Waals surface area (Å²) in [5, 5.41) is 22.1. The number of aliphatic hydroxyl groups excluding tert-OH is 2. The second-order valence-electron chi connectivity index (χ2n) is 5.51. The first-order valence-electron chi connectivity index (χ1n) is 7.67. The highest BCUT2D eigenvalue weighted by Gasteiger charge is 2.20. The first-order valence-corrected chi connectivity index (χ1v) is 7.67. The fourth-order valence-electron chi connectivity index (χ4n) is 2.34. The fourth-order valence-corrected chi connectivity index (χ4v) is 2.34. The highest BCUT2D eigenvalue weighted by atomic mass is 19.1. The molecule has 3 N–H and O–H groups in total. The third-order valence-electron chi connectivity index (χ3n) is 3.66. The molecule has 2 atom stereocenters. The van der Waals surface area contributed by atoms with E-state index in [1.165, 1.54) is 6.07 Å². The number of benzene rings is 2. The van der Waals surface area contributed by atoms with Crippen LogP contribution in [0.5, 0.6) is 5.75 Å². The van der Waals surface area contributed by atoms with Crippen molar-refractivity contribution in [2.75, 3.05) is 19.8 Å². The van der Waals surface area contributed by atoms with E-state index < -0.39 is 30.4 Å². The van der Waals surface area contributed by atoms with Gasteiger partial charge in [-0.25, -0.2) is 8.78 Å². The van der Waals surface area contributed by atoms with Crippen LogP contribution in [0.15, 0.2) is 42.5 Å². The van der Waals surface area contributed by atoms with Crippen LogP contribution in [0.2, 0.25) is 0 Å². The van der Waals surface area contributed by atoms with Crippen LogP contribution < -0.4 is 10.1 Å². The van der Waals surface area contributed by atoms with Crippen molar-refractivity contribution in [2.24, 2.45) is 0 Å². The number of aryl methyl sites for hydroxylation is 1. The Morgan fingerprint density at radius 2 is 1.75 bits per heavy atom. The number of rotatable bonds is 8. The van der Waals surface area contributed by atoms with E-state index in [2.05, 4.69) is 5.32 Å². The zero-order valence-corrected chi connectivity index (χ0v) is 13.4. The number of para-hydroxylation sites is 1. The first-order chi connectivity index (χ1) is 11.5. The number of halogens is 2. The number of hydrogen-bond donors (Lipinski definition) is 3. The predicted molar refractivity (Wildman–Crippen MR) is 86.9 cm³/mol. The van der Waals surface area contributed by atoms with Gasteiger partial charge in [-0.05, 0) is 30.7 Å². The van der Waals surface area contributed by atoms with Crippen LogP contribution in [0, 0.1) is 18.6 Å². The monoisotopic (exact) mass is 337 g/mol. The maximum atomic E-state index is 13.7. The molecular weight excluding hydrogens is 316 g/mol. The van der Waals surface area contributed by atoms with Gasteiger partial charge in [0.1, 0.15) is 30.1 Å². The van der Waals surface area contributed by atoms with Gasteiger partial charge >= 0.3 is 0 Å². The lowest BCUT2D eigenvalue weighted by Gasteiger charge is -2.20. The number of hydrogen-bond acceptors (Lipinski definition) is 4. The molecule has 0 aliphatic carbocycles. The Morgan fingerprint density at radius 1 is 1.08 bits per heavy atom. The van der Waals surface area contributed by atoms with Crippen molar-refractivity contribution in [3.05, 3.63) is 65.2 Å². The maximum absolute atomic E-state index is 13.7. The van der Waals surface area contributed by atoms with Crippen molar-refractivity contribution in [1.82, 2.24) is 5.32 Å². The molecule has 24 heavy (non-hydrogen) atoms. The molecule has 0 aliphatic rings. The molecule has 2 rings (SSSR count). The maximum Gasteiger partial charge on any atom is 0.131 e. The van der Waals surface area contributed by atoms with Gasteiger partial charge in [-0.1, -0.05) is 24.3 Å². The van der Waals surface area contributed by atoms with Gasteiger partial charge in [-0.2, -0.15) is 0 Å². The molecule has 0 fully saturated rings. The molecule has 4 nitrogen and oxygen atoms in total. The molecule has 2 aromatic carbocycles. The van der Waals surface area contributed by atoms with Crippen LogP contribution in [0.3, 0.4) is 0 Å². The lowest BCUT2D eigenvalue weighted by atomic mass is 10.1. The highest BCUT2D eigenvalue weighted by molar-refractivity contribution is 5.31. The molecule has 0 bridgehead atoms. The molecule has 0 aliphatic heterocycles. The molecule has 2 aromatic rings. The normalized spacial score (nSPS) is 13.5. The van der Waals surface area contributed by atoms with Gasteiger partial charge in [0.05, 0.1) is 12.6 Å². The highest BCUT2D eigenvalue weighted by Crippen LogP contribution is 2.20. The Bertz CT molecular complexity index is 646. The van der Waals surface area contributed by atoms with E-state index in [0.29, 0.717) is 5.75 Å².